The molecule has 4 nitrogen and oxygen atoms in total. The number of fused-ring (bicyclic) bond motifs is 1. The molecule has 0 aliphatic rings. The first kappa shape index (κ1) is 11.6. The molecule has 90 valence electrons. The number of aryl methyl sites for hydroxylation is 2. The Kier molecular flexibility index (Phi) is 2.88. The normalized spacial score (nSPS) is 11.0. The lowest BCUT2D eigenvalue weighted by molar-refractivity contribution is -0.383. The van der Waals surface area contributed by atoms with Gasteiger partial charge >= 0.3 is 0 Å². The molecular formula is C13H16N2O2. The minimum Gasteiger partial charge on any atom is -0.339 e. The van der Waals surface area contributed by atoms with Crippen LogP contribution in [0.25, 0.3) is 10.9 Å². The molecule has 1 aromatic heterocycles. The van der Waals surface area contributed by atoms with E-state index in [2.05, 4.69) is 11.5 Å². The zero-order valence-corrected chi connectivity index (χ0v) is 10.4. The average molecular weight is 232 g/mol. The van der Waals surface area contributed by atoms with Crippen molar-refractivity contribution in [2.75, 3.05) is 0 Å². The van der Waals surface area contributed by atoms with Crippen LogP contribution in [0, 0.1) is 24.0 Å². The molecule has 0 spiro atoms. The lowest BCUT2D eigenvalue weighted by Crippen LogP contribution is -2.01. The predicted octanol–water partition coefficient (Wildman–Crippen LogP) is 3.58. The van der Waals surface area contributed by atoms with Crippen LogP contribution < -0.4 is 0 Å². The summed E-state index contributed by atoms with van der Waals surface area (Å²) in [7, 11) is 0. The van der Waals surface area contributed by atoms with E-state index in [1.165, 1.54) is 0 Å². The maximum Gasteiger partial charge on any atom is 0.293 e. The molecule has 1 heterocycles. The molecule has 0 saturated heterocycles. The van der Waals surface area contributed by atoms with E-state index in [1.807, 2.05) is 19.9 Å². The van der Waals surface area contributed by atoms with Crippen LogP contribution in [-0.4, -0.2) is 9.49 Å². The SMILES string of the molecule is CCCn1c(C)c(C)c2cccc([N+](=O)[O-])c21. The van der Waals surface area contributed by atoms with Gasteiger partial charge in [0.2, 0.25) is 0 Å². The Morgan fingerprint density at radius 3 is 2.65 bits per heavy atom. The van der Waals surface area contributed by atoms with Crippen molar-refractivity contribution < 1.29 is 4.92 Å². The van der Waals surface area contributed by atoms with Gasteiger partial charge in [0.1, 0.15) is 5.52 Å². The quantitative estimate of drug-likeness (QED) is 0.600. The highest BCUT2D eigenvalue weighted by atomic mass is 16.6. The van der Waals surface area contributed by atoms with Crippen molar-refractivity contribution in [2.24, 2.45) is 0 Å². The Morgan fingerprint density at radius 2 is 2.06 bits per heavy atom. The highest BCUT2D eigenvalue weighted by molar-refractivity contribution is 5.92. The lowest BCUT2D eigenvalue weighted by atomic mass is 10.1. The molecule has 0 amide bonds. The fourth-order valence-corrected chi connectivity index (χ4v) is 2.33. The number of para-hydroxylation sites is 1. The molecule has 0 atom stereocenters. The number of aromatic nitrogens is 1. The van der Waals surface area contributed by atoms with Crippen LogP contribution in [0.4, 0.5) is 5.69 Å². The molecule has 0 radical (unpaired) electrons. The van der Waals surface area contributed by atoms with E-state index in [1.54, 1.807) is 12.1 Å². The summed E-state index contributed by atoms with van der Waals surface area (Å²) in [5.41, 5.74) is 3.22. The van der Waals surface area contributed by atoms with Crippen molar-refractivity contribution in [3.63, 3.8) is 0 Å². The Morgan fingerprint density at radius 1 is 1.35 bits per heavy atom. The highest BCUT2D eigenvalue weighted by Gasteiger charge is 2.19. The van der Waals surface area contributed by atoms with E-state index in [0.717, 1.165) is 35.1 Å². The van der Waals surface area contributed by atoms with Crippen molar-refractivity contribution in [1.82, 2.24) is 4.57 Å². The fraction of sp³-hybridized carbons (Fsp3) is 0.385. The molecular weight excluding hydrogens is 216 g/mol. The molecule has 0 N–H and O–H groups in total. The Labute approximate surface area is 100 Å². The molecule has 0 aliphatic heterocycles. The van der Waals surface area contributed by atoms with Crippen LogP contribution in [0.1, 0.15) is 24.6 Å². The molecule has 0 aliphatic carbocycles. The van der Waals surface area contributed by atoms with E-state index in [0.29, 0.717) is 0 Å². The Hall–Kier alpha value is -1.84. The third-order valence-electron chi connectivity index (χ3n) is 3.28. The van der Waals surface area contributed by atoms with Gasteiger partial charge in [-0.3, -0.25) is 10.1 Å². The number of nitro groups is 1. The van der Waals surface area contributed by atoms with Crippen LogP contribution in [0.15, 0.2) is 18.2 Å². The highest BCUT2D eigenvalue weighted by Crippen LogP contribution is 2.32. The Bertz CT molecular complexity index is 585. The first-order valence-electron chi connectivity index (χ1n) is 5.80. The Balaban J connectivity index is 2.87. The second kappa shape index (κ2) is 4.20. The summed E-state index contributed by atoms with van der Waals surface area (Å²) < 4.78 is 2.06. The topological polar surface area (TPSA) is 48.1 Å². The van der Waals surface area contributed by atoms with Gasteiger partial charge in [-0.2, -0.15) is 0 Å². The van der Waals surface area contributed by atoms with Gasteiger partial charge in [-0.15, -0.1) is 0 Å². The zero-order valence-electron chi connectivity index (χ0n) is 10.4. The molecule has 0 fully saturated rings. The fourth-order valence-electron chi connectivity index (χ4n) is 2.33. The number of non-ortho nitro benzene ring substituents is 1. The zero-order chi connectivity index (χ0) is 12.6. The van der Waals surface area contributed by atoms with Crippen molar-refractivity contribution in [3.8, 4) is 0 Å². The van der Waals surface area contributed by atoms with E-state index in [4.69, 9.17) is 0 Å². The van der Waals surface area contributed by atoms with Crippen molar-refractivity contribution >= 4 is 16.6 Å². The van der Waals surface area contributed by atoms with Crippen molar-refractivity contribution in [3.05, 3.63) is 39.6 Å². The molecule has 17 heavy (non-hydrogen) atoms. The van der Waals surface area contributed by atoms with E-state index in [9.17, 15) is 10.1 Å². The first-order chi connectivity index (χ1) is 8.07. The second-order valence-electron chi connectivity index (χ2n) is 4.29. The number of nitro benzene ring substituents is 1. The lowest BCUT2D eigenvalue weighted by Gasteiger charge is -2.06. The molecule has 2 rings (SSSR count). The standard InChI is InChI=1S/C13H16N2O2/c1-4-8-14-10(3)9(2)11-6-5-7-12(13(11)14)15(16)17/h5-7H,4,8H2,1-3H3. The summed E-state index contributed by atoms with van der Waals surface area (Å²) in [4.78, 5) is 10.8. The largest absolute Gasteiger partial charge is 0.339 e. The number of hydrogen-bond acceptors (Lipinski definition) is 2. The summed E-state index contributed by atoms with van der Waals surface area (Å²) in [5.74, 6) is 0. The summed E-state index contributed by atoms with van der Waals surface area (Å²) in [6.07, 6.45) is 0.968. The summed E-state index contributed by atoms with van der Waals surface area (Å²) in [6, 6.07) is 5.29. The van der Waals surface area contributed by atoms with Gasteiger partial charge < -0.3 is 4.57 Å². The van der Waals surface area contributed by atoms with Gasteiger partial charge in [-0.05, 0) is 25.8 Å². The average Bonchev–Trinajstić information content (AvgIpc) is 2.55. The monoisotopic (exact) mass is 232 g/mol. The van der Waals surface area contributed by atoms with Crippen LogP contribution in [0.5, 0.6) is 0 Å². The van der Waals surface area contributed by atoms with Crippen LogP contribution >= 0.6 is 0 Å². The molecule has 2 aromatic rings. The van der Waals surface area contributed by atoms with Gasteiger partial charge in [0.25, 0.3) is 5.69 Å². The molecule has 0 saturated carbocycles. The van der Waals surface area contributed by atoms with Gasteiger partial charge in [0, 0.05) is 23.7 Å². The third kappa shape index (κ3) is 1.69. The minimum atomic E-state index is -0.298. The van der Waals surface area contributed by atoms with Gasteiger partial charge in [-0.25, -0.2) is 0 Å². The van der Waals surface area contributed by atoms with E-state index >= 15 is 0 Å². The summed E-state index contributed by atoms with van der Waals surface area (Å²) in [6.45, 7) is 6.94. The van der Waals surface area contributed by atoms with Crippen LogP contribution in [-0.2, 0) is 6.54 Å². The molecule has 1 aromatic carbocycles. The number of rotatable bonds is 3. The first-order valence-corrected chi connectivity index (χ1v) is 5.80. The predicted molar refractivity (Wildman–Crippen MR) is 68.4 cm³/mol. The maximum absolute atomic E-state index is 11.1. The number of hydrogen-bond donors (Lipinski definition) is 0. The van der Waals surface area contributed by atoms with Crippen molar-refractivity contribution in [2.45, 2.75) is 33.7 Å². The van der Waals surface area contributed by atoms with E-state index in [-0.39, 0.29) is 10.6 Å². The minimum absolute atomic E-state index is 0.201. The maximum atomic E-state index is 11.1. The van der Waals surface area contributed by atoms with Crippen LogP contribution in [0.2, 0.25) is 0 Å². The summed E-state index contributed by atoms with van der Waals surface area (Å²) in [5, 5.41) is 12.1. The number of benzene rings is 1. The van der Waals surface area contributed by atoms with Crippen molar-refractivity contribution in [1.29, 1.82) is 0 Å². The van der Waals surface area contributed by atoms with Gasteiger partial charge in [-0.1, -0.05) is 19.1 Å². The molecule has 0 unspecified atom stereocenters. The van der Waals surface area contributed by atoms with Gasteiger partial charge in [0.15, 0.2) is 0 Å². The molecule has 4 heteroatoms. The van der Waals surface area contributed by atoms with Crippen LogP contribution in [0.3, 0.4) is 0 Å². The summed E-state index contributed by atoms with van der Waals surface area (Å²) >= 11 is 0. The second-order valence-corrected chi connectivity index (χ2v) is 4.29. The smallest absolute Gasteiger partial charge is 0.293 e. The van der Waals surface area contributed by atoms with E-state index < -0.39 is 0 Å². The third-order valence-corrected chi connectivity index (χ3v) is 3.28. The molecule has 0 bridgehead atoms. The van der Waals surface area contributed by atoms with Gasteiger partial charge in [0.05, 0.1) is 4.92 Å². The number of nitrogens with zero attached hydrogens (tertiary/aromatic N) is 2.